The molecule has 0 spiro atoms. The van der Waals surface area contributed by atoms with Crippen LogP contribution in [0.5, 0.6) is 5.75 Å². The van der Waals surface area contributed by atoms with Gasteiger partial charge in [0.25, 0.3) is 0 Å². The second kappa shape index (κ2) is 8.98. The van der Waals surface area contributed by atoms with Crippen molar-refractivity contribution in [2.75, 3.05) is 13.2 Å². The Bertz CT molecular complexity index is 1060. The number of aryl methyl sites for hydroxylation is 2. The molecule has 158 valence electrons. The molecule has 7 nitrogen and oxygen atoms in total. The molecule has 1 aromatic carbocycles. The third-order valence-electron chi connectivity index (χ3n) is 4.83. The molecule has 0 amide bonds. The standard InChI is InChI=1S/C23H26N2O5/c1-14(2)18-8-6-7-9-21(18)28-13-23(27)29-12-20(26)19-10-15(3)25(17(19)5)22-11-16(4)30-24-22/h6-11,14H,12-13H2,1-5H3. The molecular weight excluding hydrogens is 384 g/mol. The molecule has 0 aliphatic carbocycles. The molecule has 0 aliphatic rings. The van der Waals surface area contributed by atoms with Crippen LogP contribution < -0.4 is 4.74 Å². The van der Waals surface area contributed by atoms with E-state index >= 15 is 0 Å². The molecule has 0 saturated heterocycles. The first-order valence-corrected chi connectivity index (χ1v) is 9.81. The van der Waals surface area contributed by atoms with Gasteiger partial charge in [-0.25, -0.2) is 4.79 Å². The van der Waals surface area contributed by atoms with Crippen LogP contribution in [0.1, 0.15) is 52.8 Å². The zero-order valence-electron chi connectivity index (χ0n) is 17.9. The van der Waals surface area contributed by atoms with Crippen molar-refractivity contribution in [3.63, 3.8) is 0 Å². The van der Waals surface area contributed by atoms with Gasteiger partial charge < -0.3 is 14.0 Å². The zero-order valence-corrected chi connectivity index (χ0v) is 17.9. The summed E-state index contributed by atoms with van der Waals surface area (Å²) in [5.74, 6) is 1.31. The van der Waals surface area contributed by atoms with Crippen molar-refractivity contribution in [2.24, 2.45) is 0 Å². The second-order valence-corrected chi connectivity index (χ2v) is 7.48. The summed E-state index contributed by atoms with van der Waals surface area (Å²) in [5, 5.41) is 4.00. The quantitative estimate of drug-likeness (QED) is 0.406. The topological polar surface area (TPSA) is 83.6 Å². The first-order chi connectivity index (χ1) is 14.3. The SMILES string of the molecule is Cc1cc(-n2c(C)cc(C(=O)COC(=O)COc3ccccc3C(C)C)c2C)no1. The maximum atomic E-state index is 12.6. The average Bonchev–Trinajstić information content (AvgIpc) is 3.26. The number of ether oxygens (including phenoxy) is 2. The van der Waals surface area contributed by atoms with E-state index in [0.29, 0.717) is 28.6 Å². The highest BCUT2D eigenvalue weighted by Gasteiger charge is 2.20. The maximum Gasteiger partial charge on any atom is 0.344 e. The van der Waals surface area contributed by atoms with E-state index in [-0.39, 0.29) is 24.9 Å². The predicted octanol–water partition coefficient (Wildman–Crippen LogP) is 4.32. The molecule has 2 aromatic heterocycles. The monoisotopic (exact) mass is 410 g/mol. The number of esters is 1. The number of carbonyl (C=O) groups is 2. The van der Waals surface area contributed by atoms with Crippen molar-refractivity contribution in [2.45, 2.75) is 40.5 Å². The van der Waals surface area contributed by atoms with Gasteiger partial charge in [0, 0.05) is 23.0 Å². The summed E-state index contributed by atoms with van der Waals surface area (Å²) in [6, 6.07) is 11.1. The van der Waals surface area contributed by atoms with E-state index in [1.54, 1.807) is 19.1 Å². The molecule has 3 rings (SSSR count). The average molecular weight is 410 g/mol. The van der Waals surface area contributed by atoms with E-state index in [0.717, 1.165) is 11.3 Å². The molecular formula is C23H26N2O5. The van der Waals surface area contributed by atoms with Gasteiger partial charge in [0.05, 0.1) is 0 Å². The molecule has 0 unspecified atom stereocenters. The minimum Gasteiger partial charge on any atom is -0.482 e. The van der Waals surface area contributed by atoms with Gasteiger partial charge in [-0.3, -0.25) is 9.36 Å². The lowest BCUT2D eigenvalue weighted by molar-refractivity contribution is -0.144. The summed E-state index contributed by atoms with van der Waals surface area (Å²) in [7, 11) is 0. The Morgan fingerprint density at radius 3 is 2.50 bits per heavy atom. The first-order valence-electron chi connectivity index (χ1n) is 9.81. The molecule has 30 heavy (non-hydrogen) atoms. The third-order valence-corrected chi connectivity index (χ3v) is 4.83. The maximum absolute atomic E-state index is 12.6. The second-order valence-electron chi connectivity index (χ2n) is 7.48. The van der Waals surface area contributed by atoms with Crippen LogP contribution in [-0.4, -0.2) is 34.7 Å². The smallest absolute Gasteiger partial charge is 0.344 e. The van der Waals surface area contributed by atoms with Crippen molar-refractivity contribution in [3.05, 3.63) is 64.7 Å². The van der Waals surface area contributed by atoms with Crippen molar-refractivity contribution >= 4 is 11.8 Å². The van der Waals surface area contributed by atoms with Gasteiger partial charge in [-0.15, -0.1) is 0 Å². The van der Waals surface area contributed by atoms with Crippen LogP contribution in [-0.2, 0) is 9.53 Å². The molecule has 7 heteroatoms. The Labute approximate surface area is 175 Å². The minimum absolute atomic E-state index is 0.256. The van der Waals surface area contributed by atoms with E-state index < -0.39 is 5.97 Å². The summed E-state index contributed by atoms with van der Waals surface area (Å²) < 4.78 is 17.7. The fourth-order valence-corrected chi connectivity index (χ4v) is 3.35. The van der Waals surface area contributed by atoms with E-state index in [2.05, 4.69) is 19.0 Å². The van der Waals surface area contributed by atoms with Crippen molar-refractivity contribution in [1.82, 2.24) is 9.72 Å². The highest BCUT2D eigenvalue weighted by Crippen LogP contribution is 2.26. The van der Waals surface area contributed by atoms with Crippen LogP contribution in [0.2, 0.25) is 0 Å². The van der Waals surface area contributed by atoms with Gasteiger partial charge in [0.2, 0.25) is 5.78 Å². The Morgan fingerprint density at radius 2 is 1.83 bits per heavy atom. The van der Waals surface area contributed by atoms with Gasteiger partial charge >= 0.3 is 5.97 Å². The normalized spacial score (nSPS) is 11.0. The number of hydrogen-bond acceptors (Lipinski definition) is 6. The number of nitrogens with zero attached hydrogens (tertiary/aromatic N) is 2. The van der Waals surface area contributed by atoms with Crippen LogP contribution in [0.3, 0.4) is 0 Å². The Hall–Kier alpha value is -3.35. The van der Waals surface area contributed by atoms with Crippen molar-refractivity contribution in [1.29, 1.82) is 0 Å². The molecule has 0 saturated carbocycles. The molecule has 0 bridgehead atoms. The number of benzene rings is 1. The number of rotatable bonds is 8. The molecule has 0 radical (unpaired) electrons. The molecule has 2 heterocycles. The summed E-state index contributed by atoms with van der Waals surface area (Å²) in [6.07, 6.45) is 0. The Kier molecular flexibility index (Phi) is 6.40. The summed E-state index contributed by atoms with van der Waals surface area (Å²) in [6.45, 7) is 8.99. The third kappa shape index (κ3) is 4.62. The fourth-order valence-electron chi connectivity index (χ4n) is 3.35. The molecule has 3 aromatic rings. The molecule has 0 fully saturated rings. The number of hydrogen-bond donors (Lipinski definition) is 0. The molecule has 0 atom stereocenters. The fraction of sp³-hybridized carbons (Fsp3) is 0.348. The van der Waals surface area contributed by atoms with Crippen LogP contribution >= 0.6 is 0 Å². The zero-order chi connectivity index (χ0) is 21.8. The van der Waals surface area contributed by atoms with Crippen LogP contribution in [0.15, 0.2) is 40.9 Å². The largest absolute Gasteiger partial charge is 0.482 e. The van der Waals surface area contributed by atoms with Gasteiger partial charge in [-0.05, 0) is 44.4 Å². The lowest BCUT2D eigenvalue weighted by atomic mass is 10.0. The summed E-state index contributed by atoms with van der Waals surface area (Å²) in [4.78, 5) is 24.7. The van der Waals surface area contributed by atoms with E-state index in [1.807, 2.05) is 42.7 Å². The lowest BCUT2D eigenvalue weighted by Gasteiger charge is -2.13. The Morgan fingerprint density at radius 1 is 1.10 bits per heavy atom. The summed E-state index contributed by atoms with van der Waals surface area (Å²) >= 11 is 0. The number of carbonyl (C=O) groups excluding carboxylic acids is 2. The number of ketones is 1. The van der Waals surface area contributed by atoms with Crippen LogP contribution in [0.25, 0.3) is 5.82 Å². The van der Waals surface area contributed by atoms with Gasteiger partial charge in [0.15, 0.2) is 19.0 Å². The minimum atomic E-state index is -0.595. The predicted molar refractivity (Wildman–Crippen MR) is 111 cm³/mol. The number of aromatic nitrogens is 2. The molecule has 0 N–H and O–H groups in total. The first kappa shape index (κ1) is 21.4. The van der Waals surface area contributed by atoms with Gasteiger partial charge in [0.1, 0.15) is 11.5 Å². The summed E-state index contributed by atoms with van der Waals surface area (Å²) in [5.41, 5.74) is 3.04. The van der Waals surface area contributed by atoms with Gasteiger partial charge in [-0.1, -0.05) is 37.2 Å². The van der Waals surface area contributed by atoms with Crippen LogP contribution in [0.4, 0.5) is 0 Å². The van der Waals surface area contributed by atoms with Gasteiger partial charge in [-0.2, -0.15) is 0 Å². The molecule has 0 aliphatic heterocycles. The Balaban J connectivity index is 1.60. The van der Waals surface area contributed by atoms with Crippen molar-refractivity contribution in [3.8, 4) is 11.6 Å². The number of Topliss-reactive ketones (excluding diaryl/α,β-unsaturated/α-hetero) is 1. The van der Waals surface area contributed by atoms with E-state index in [4.69, 9.17) is 14.0 Å². The van der Waals surface area contributed by atoms with E-state index in [9.17, 15) is 9.59 Å². The van der Waals surface area contributed by atoms with Crippen LogP contribution in [0, 0.1) is 20.8 Å². The highest BCUT2D eigenvalue weighted by molar-refractivity contribution is 5.99. The lowest BCUT2D eigenvalue weighted by Crippen LogP contribution is -2.20. The van der Waals surface area contributed by atoms with Crippen molar-refractivity contribution < 1.29 is 23.6 Å². The number of para-hydroxylation sites is 1. The van der Waals surface area contributed by atoms with E-state index in [1.165, 1.54) is 0 Å². The highest BCUT2D eigenvalue weighted by atomic mass is 16.6.